The summed E-state index contributed by atoms with van der Waals surface area (Å²) in [5, 5.41) is 6.38. The number of hydrogen-bond donors (Lipinski definition) is 2. The molecule has 1 aliphatic heterocycles. The molecule has 136 valence electrons. The molecule has 1 fully saturated rings. The number of hydrogen-bond acceptors (Lipinski definition) is 4. The molecule has 0 amide bonds. The fraction of sp³-hybridized carbons (Fsp3) is 0.562. The van der Waals surface area contributed by atoms with Crippen molar-refractivity contribution in [3.8, 4) is 5.75 Å². The van der Waals surface area contributed by atoms with Crippen molar-refractivity contribution < 1.29 is 13.2 Å². The summed E-state index contributed by atoms with van der Waals surface area (Å²) in [6.45, 7) is 3.33. The summed E-state index contributed by atoms with van der Waals surface area (Å²) in [7, 11) is -1.23. The van der Waals surface area contributed by atoms with Crippen LogP contribution in [0.3, 0.4) is 0 Å². The van der Waals surface area contributed by atoms with E-state index >= 15 is 0 Å². The number of ether oxygens (including phenoxy) is 1. The van der Waals surface area contributed by atoms with Crippen LogP contribution in [-0.2, 0) is 16.3 Å². The maximum atomic E-state index is 11.5. The lowest BCUT2D eigenvalue weighted by Gasteiger charge is -2.16. The molecule has 24 heavy (non-hydrogen) atoms. The van der Waals surface area contributed by atoms with Gasteiger partial charge in [-0.25, -0.2) is 8.42 Å². The molecule has 0 bridgehead atoms. The van der Waals surface area contributed by atoms with E-state index < -0.39 is 9.84 Å². The van der Waals surface area contributed by atoms with Crippen LogP contribution in [-0.4, -0.2) is 52.1 Å². The van der Waals surface area contributed by atoms with Crippen LogP contribution in [0, 0.1) is 0 Å². The fourth-order valence-electron chi connectivity index (χ4n) is 2.62. The predicted molar refractivity (Wildman–Crippen MR) is 108 cm³/mol. The molecule has 1 heterocycles. The van der Waals surface area contributed by atoms with Crippen LogP contribution in [0.5, 0.6) is 5.75 Å². The Morgan fingerprint density at radius 2 is 2.12 bits per heavy atom. The van der Waals surface area contributed by atoms with Crippen molar-refractivity contribution in [3.05, 3.63) is 29.8 Å². The number of aliphatic imine (C=N–C) groups is 1. The van der Waals surface area contributed by atoms with Crippen molar-refractivity contribution in [2.24, 2.45) is 4.99 Å². The van der Waals surface area contributed by atoms with Gasteiger partial charge in [-0.15, -0.1) is 24.0 Å². The molecule has 1 aromatic rings. The summed E-state index contributed by atoms with van der Waals surface area (Å²) in [4.78, 5) is 4.54. The summed E-state index contributed by atoms with van der Waals surface area (Å²) in [5.41, 5.74) is 1.11. The van der Waals surface area contributed by atoms with E-state index in [4.69, 9.17) is 4.74 Å². The van der Waals surface area contributed by atoms with Gasteiger partial charge in [0.1, 0.15) is 5.75 Å². The molecule has 1 atom stereocenters. The van der Waals surface area contributed by atoms with Crippen LogP contribution < -0.4 is 15.4 Å². The van der Waals surface area contributed by atoms with Crippen molar-refractivity contribution in [2.75, 3.05) is 31.7 Å². The average Bonchev–Trinajstić information content (AvgIpc) is 2.86. The summed E-state index contributed by atoms with van der Waals surface area (Å²) in [6.07, 6.45) is 1.41. The van der Waals surface area contributed by atoms with E-state index in [0.717, 1.165) is 24.3 Å². The van der Waals surface area contributed by atoms with E-state index in [0.29, 0.717) is 18.9 Å². The van der Waals surface area contributed by atoms with Gasteiger partial charge in [-0.2, -0.15) is 0 Å². The summed E-state index contributed by atoms with van der Waals surface area (Å²) < 4.78 is 28.4. The maximum Gasteiger partial charge on any atom is 0.191 e. The molecule has 0 saturated carbocycles. The molecule has 2 rings (SSSR count). The molecule has 2 N–H and O–H groups in total. The Balaban J connectivity index is 0.00000288. The van der Waals surface area contributed by atoms with Gasteiger partial charge < -0.3 is 15.4 Å². The number of nitrogens with zero attached hydrogens (tertiary/aromatic N) is 1. The van der Waals surface area contributed by atoms with Gasteiger partial charge in [0.25, 0.3) is 0 Å². The van der Waals surface area contributed by atoms with E-state index in [2.05, 4.69) is 15.6 Å². The Bertz CT molecular complexity index is 650. The smallest absolute Gasteiger partial charge is 0.191 e. The number of rotatable bonds is 6. The van der Waals surface area contributed by atoms with Gasteiger partial charge in [0, 0.05) is 19.1 Å². The molecular formula is C16H26IN3O3S. The minimum atomic E-state index is -2.89. The van der Waals surface area contributed by atoms with E-state index in [1.165, 1.54) is 0 Å². The van der Waals surface area contributed by atoms with Crippen LogP contribution in [0.15, 0.2) is 29.3 Å². The van der Waals surface area contributed by atoms with E-state index in [9.17, 15) is 8.42 Å². The number of guanidine groups is 1. The zero-order chi connectivity index (χ0) is 16.7. The van der Waals surface area contributed by atoms with Crippen LogP contribution in [0.25, 0.3) is 0 Å². The van der Waals surface area contributed by atoms with Gasteiger partial charge in [0.15, 0.2) is 15.8 Å². The SMILES string of the molecule is CCNC(=NCCc1ccccc1OC)NC1CCS(=O)(=O)C1.I. The second kappa shape index (κ2) is 10.1. The summed E-state index contributed by atoms with van der Waals surface area (Å²) in [5.74, 6) is 1.97. The molecule has 1 aliphatic rings. The number of halogens is 1. The van der Waals surface area contributed by atoms with Gasteiger partial charge in [-0.3, -0.25) is 4.99 Å². The summed E-state index contributed by atoms with van der Waals surface area (Å²) >= 11 is 0. The van der Waals surface area contributed by atoms with Crippen LogP contribution in [0.4, 0.5) is 0 Å². The van der Waals surface area contributed by atoms with Crippen LogP contribution in [0.2, 0.25) is 0 Å². The molecule has 1 saturated heterocycles. The molecule has 0 spiro atoms. The van der Waals surface area contributed by atoms with Gasteiger partial charge in [0.05, 0.1) is 18.6 Å². The first-order valence-corrected chi connectivity index (χ1v) is 9.73. The van der Waals surface area contributed by atoms with Gasteiger partial charge in [0.2, 0.25) is 0 Å². The minimum Gasteiger partial charge on any atom is -0.496 e. The van der Waals surface area contributed by atoms with Gasteiger partial charge in [-0.1, -0.05) is 18.2 Å². The third-order valence-corrected chi connectivity index (χ3v) is 5.53. The van der Waals surface area contributed by atoms with Crippen molar-refractivity contribution in [3.63, 3.8) is 0 Å². The predicted octanol–water partition coefficient (Wildman–Crippen LogP) is 1.60. The van der Waals surface area contributed by atoms with Gasteiger partial charge >= 0.3 is 0 Å². The Morgan fingerprint density at radius 1 is 1.38 bits per heavy atom. The average molecular weight is 467 g/mol. The Labute approximate surface area is 161 Å². The number of nitrogens with one attached hydrogen (secondary N) is 2. The van der Waals surface area contributed by atoms with Crippen molar-refractivity contribution in [1.29, 1.82) is 0 Å². The molecule has 8 heteroatoms. The lowest BCUT2D eigenvalue weighted by molar-refractivity contribution is 0.410. The Kier molecular flexibility index (Phi) is 8.82. The van der Waals surface area contributed by atoms with Crippen LogP contribution in [0.1, 0.15) is 18.9 Å². The number of para-hydroxylation sites is 1. The van der Waals surface area contributed by atoms with Gasteiger partial charge in [-0.05, 0) is 31.4 Å². The van der Waals surface area contributed by atoms with E-state index in [1.54, 1.807) is 7.11 Å². The Hall–Kier alpha value is -1.03. The molecule has 1 aromatic carbocycles. The topological polar surface area (TPSA) is 79.8 Å². The highest BCUT2D eigenvalue weighted by molar-refractivity contribution is 14.0. The molecule has 6 nitrogen and oxygen atoms in total. The van der Waals surface area contributed by atoms with Crippen molar-refractivity contribution >= 4 is 39.8 Å². The number of sulfone groups is 1. The lowest BCUT2D eigenvalue weighted by atomic mass is 10.1. The second-order valence-electron chi connectivity index (χ2n) is 5.57. The second-order valence-corrected chi connectivity index (χ2v) is 7.80. The minimum absolute atomic E-state index is 0. The van der Waals surface area contributed by atoms with Crippen LogP contribution >= 0.6 is 24.0 Å². The fourth-order valence-corrected chi connectivity index (χ4v) is 4.29. The quantitative estimate of drug-likeness (QED) is 0.378. The molecule has 0 aromatic heterocycles. The molecular weight excluding hydrogens is 441 g/mol. The molecule has 0 radical (unpaired) electrons. The maximum absolute atomic E-state index is 11.5. The Morgan fingerprint density at radius 3 is 2.75 bits per heavy atom. The largest absolute Gasteiger partial charge is 0.496 e. The zero-order valence-corrected chi connectivity index (χ0v) is 17.3. The number of benzene rings is 1. The third kappa shape index (κ3) is 6.46. The standard InChI is InChI=1S/C16H25N3O3S.HI/c1-3-17-16(19-14-9-11-23(20,21)12-14)18-10-8-13-6-4-5-7-15(13)22-2;/h4-7,14H,3,8-12H2,1-2H3,(H2,17,18,19);1H. The first-order chi connectivity index (χ1) is 11.0. The van der Waals surface area contributed by atoms with E-state index in [1.807, 2.05) is 31.2 Å². The first kappa shape index (κ1) is 21.0. The highest BCUT2D eigenvalue weighted by Gasteiger charge is 2.28. The lowest BCUT2D eigenvalue weighted by Crippen LogP contribution is -2.44. The highest BCUT2D eigenvalue weighted by atomic mass is 127. The zero-order valence-electron chi connectivity index (χ0n) is 14.1. The number of methoxy groups -OCH3 is 1. The third-order valence-electron chi connectivity index (χ3n) is 3.76. The molecule has 0 aliphatic carbocycles. The first-order valence-electron chi connectivity index (χ1n) is 7.91. The highest BCUT2D eigenvalue weighted by Crippen LogP contribution is 2.17. The summed E-state index contributed by atoms with van der Waals surface area (Å²) in [6, 6.07) is 7.83. The molecule has 1 unspecified atom stereocenters. The van der Waals surface area contributed by atoms with Crippen molar-refractivity contribution in [1.82, 2.24) is 10.6 Å². The monoisotopic (exact) mass is 467 g/mol. The van der Waals surface area contributed by atoms with Crippen molar-refractivity contribution in [2.45, 2.75) is 25.8 Å². The van der Waals surface area contributed by atoms with E-state index in [-0.39, 0.29) is 41.5 Å². The normalized spacial score (nSPS) is 19.4.